The first-order chi connectivity index (χ1) is 10.1. The van der Waals surface area contributed by atoms with Crippen molar-refractivity contribution in [1.29, 1.82) is 0 Å². The van der Waals surface area contributed by atoms with Crippen LogP contribution in [0, 0.1) is 5.82 Å². The van der Waals surface area contributed by atoms with Gasteiger partial charge in [0.05, 0.1) is 21.2 Å². The van der Waals surface area contributed by atoms with Gasteiger partial charge >= 0.3 is 6.18 Å². The van der Waals surface area contributed by atoms with Crippen LogP contribution in [0.15, 0.2) is 47.4 Å². The van der Waals surface area contributed by atoms with Crippen LogP contribution in [0.2, 0.25) is 5.02 Å². The molecular formula is C13H8ClF4NO2S. The highest BCUT2D eigenvalue weighted by atomic mass is 35.5. The topological polar surface area (TPSA) is 46.2 Å². The predicted molar refractivity (Wildman–Crippen MR) is 73.7 cm³/mol. The molecule has 0 aliphatic rings. The van der Waals surface area contributed by atoms with E-state index in [1.54, 1.807) is 0 Å². The number of sulfonamides is 1. The molecule has 118 valence electrons. The molecule has 0 radical (unpaired) electrons. The Hall–Kier alpha value is -1.80. The molecule has 2 aromatic carbocycles. The van der Waals surface area contributed by atoms with Crippen molar-refractivity contribution < 1.29 is 26.0 Å². The maximum absolute atomic E-state index is 12.8. The van der Waals surface area contributed by atoms with Gasteiger partial charge in [0.2, 0.25) is 0 Å². The highest BCUT2D eigenvalue weighted by Gasteiger charge is 2.31. The molecule has 0 spiro atoms. The third kappa shape index (κ3) is 3.69. The Bertz CT molecular complexity index is 789. The summed E-state index contributed by atoms with van der Waals surface area (Å²) in [4.78, 5) is -0.245. The predicted octanol–water partition coefficient (Wildman–Crippen LogP) is 4.30. The highest BCUT2D eigenvalue weighted by Crippen LogP contribution is 2.34. The Morgan fingerprint density at radius 3 is 2.09 bits per heavy atom. The van der Waals surface area contributed by atoms with Crippen molar-refractivity contribution in [2.45, 2.75) is 11.1 Å². The van der Waals surface area contributed by atoms with Gasteiger partial charge in [-0.1, -0.05) is 11.6 Å². The monoisotopic (exact) mass is 353 g/mol. The molecule has 0 bridgehead atoms. The second-order valence-corrected chi connectivity index (χ2v) is 6.34. The molecule has 0 atom stereocenters. The fourth-order valence-corrected chi connectivity index (χ4v) is 2.96. The first kappa shape index (κ1) is 16.6. The zero-order valence-corrected chi connectivity index (χ0v) is 12.2. The number of rotatable bonds is 3. The number of alkyl halides is 3. The molecule has 9 heteroatoms. The fourth-order valence-electron chi connectivity index (χ4n) is 1.59. The smallest absolute Gasteiger partial charge is 0.278 e. The molecule has 0 amide bonds. The molecule has 0 aliphatic carbocycles. The zero-order chi connectivity index (χ0) is 16.5. The number of benzene rings is 2. The number of hydrogen-bond donors (Lipinski definition) is 1. The Kier molecular flexibility index (Phi) is 4.35. The summed E-state index contributed by atoms with van der Waals surface area (Å²) in [6.45, 7) is 0. The van der Waals surface area contributed by atoms with Crippen LogP contribution in [0.4, 0.5) is 23.2 Å². The maximum Gasteiger partial charge on any atom is 0.416 e. The average molecular weight is 354 g/mol. The van der Waals surface area contributed by atoms with Crippen LogP contribution >= 0.6 is 11.6 Å². The van der Waals surface area contributed by atoms with E-state index in [0.717, 1.165) is 30.3 Å². The van der Waals surface area contributed by atoms with E-state index in [9.17, 15) is 26.0 Å². The summed E-state index contributed by atoms with van der Waals surface area (Å²) < 4.78 is 76.4. The highest BCUT2D eigenvalue weighted by molar-refractivity contribution is 7.92. The van der Waals surface area contributed by atoms with Gasteiger partial charge in [0.15, 0.2) is 0 Å². The van der Waals surface area contributed by atoms with Gasteiger partial charge in [0.25, 0.3) is 10.0 Å². The number of hydrogen-bond acceptors (Lipinski definition) is 2. The lowest BCUT2D eigenvalue weighted by Crippen LogP contribution is -2.14. The van der Waals surface area contributed by atoms with Gasteiger partial charge in [-0.05, 0) is 42.5 Å². The minimum absolute atomic E-state index is 0.209. The summed E-state index contributed by atoms with van der Waals surface area (Å²) in [5.41, 5.74) is -1.21. The first-order valence-corrected chi connectivity index (χ1v) is 7.61. The normalized spacial score (nSPS) is 12.2. The van der Waals surface area contributed by atoms with E-state index in [-0.39, 0.29) is 10.6 Å². The van der Waals surface area contributed by atoms with Gasteiger partial charge < -0.3 is 0 Å². The van der Waals surface area contributed by atoms with Crippen molar-refractivity contribution in [3.63, 3.8) is 0 Å². The third-order valence-corrected chi connectivity index (χ3v) is 4.36. The second-order valence-electron chi connectivity index (χ2n) is 4.25. The molecule has 1 N–H and O–H groups in total. The molecule has 22 heavy (non-hydrogen) atoms. The molecule has 0 heterocycles. The lowest BCUT2D eigenvalue weighted by molar-refractivity contribution is -0.137. The van der Waals surface area contributed by atoms with Crippen molar-refractivity contribution in [3.05, 3.63) is 58.9 Å². The van der Waals surface area contributed by atoms with E-state index in [2.05, 4.69) is 4.72 Å². The quantitative estimate of drug-likeness (QED) is 0.836. The molecule has 2 rings (SSSR count). The van der Waals surface area contributed by atoms with Crippen molar-refractivity contribution in [2.75, 3.05) is 4.72 Å². The van der Waals surface area contributed by atoms with Crippen molar-refractivity contribution in [1.82, 2.24) is 0 Å². The Labute approximate surface area is 128 Å². The molecule has 0 saturated heterocycles. The standard InChI is InChI=1S/C13H8ClF4NO2S/c14-11-7-8(13(16,17)18)1-6-12(11)19-22(20,21)10-4-2-9(15)3-5-10/h1-7,19H. The first-order valence-electron chi connectivity index (χ1n) is 5.75. The number of halogens is 5. The van der Waals surface area contributed by atoms with Gasteiger partial charge in [-0.15, -0.1) is 0 Å². The molecule has 2 aromatic rings. The Morgan fingerprint density at radius 2 is 1.59 bits per heavy atom. The third-order valence-electron chi connectivity index (χ3n) is 2.66. The van der Waals surface area contributed by atoms with Crippen LogP contribution in [-0.4, -0.2) is 8.42 Å². The van der Waals surface area contributed by atoms with E-state index < -0.39 is 32.6 Å². The van der Waals surface area contributed by atoms with Crippen LogP contribution in [-0.2, 0) is 16.2 Å². The number of anilines is 1. The lowest BCUT2D eigenvalue weighted by atomic mass is 10.2. The summed E-state index contributed by atoms with van der Waals surface area (Å²) in [7, 11) is -4.08. The van der Waals surface area contributed by atoms with Gasteiger partial charge in [0.1, 0.15) is 5.82 Å². The van der Waals surface area contributed by atoms with Crippen molar-refractivity contribution >= 4 is 27.3 Å². The molecule has 0 fully saturated rings. The van der Waals surface area contributed by atoms with Gasteiger partial charge in [-0.3, -0.25) is 4.72 Å². The van der Waals surface area contributed by atoms with Crippen LogP contribution in [0.5, 0.6) is 0 Å². The molecule has 0 saturated carbocycles. The zero-order valence-electron chi connectivity index (χ0n) is 10.7. The van der Waals surface area contributed by atoms with E-state index in [1.165, 1.54) is 0 Å². The summed E-state index contributed by atoms with van der Waals surface area (Å²) in [6, 6.07) is 6.17. The van der Waals surface area contributed by atoms with Crippen molar-refractivity contribution in [3.8, 4) is 0 Å². The average Bonchev–Trinajstić information content (AvgIpc) is 2.40. The summed E-state index contributed by atoms with van der Waals surface area (Å²) >= 11 is 5.67. The molecule has 3 nitrogen and oxygen atoms in total. The Morgan fingerprint density at radius 1 is 1.00 bits per heavy atom. The second kappa shape index (κ2) is 5.77. The van der Waals surface area contributed by atoms with Crippen molar-refractivity contribution in [2.24, 2.45) is 0 Å². The SMILES string of the molecule is O=S(=O)(Nc1ccc(C(F)(F)F)cc1Cl)c1ccc(F)cc1. The molecule has 0 unspecified atom stereocenters. The van der Waals surface area contributed by atoms with Crippen LogP contribution in [0.1, 0.15) is 5.56 Å². The molecular weight excluding hydrogens is 346 g/mol. The van der Waals surface area contributed by atoms with Gasteiger partial charge in [-0.25, -0.2) is 12.8 Å². The van der Waals surface area contributed by atoms with Gasteiger partial charge in [-0.2, -0.15) is 13.2 Å². The van der Waals surface area contributed by atoms with Crippen LogP contribution in [0.3, 0.4) is 0 Å². The van der Waals surface area contributed by atoms with E-state index >= 15 is 0 Å². The minimum atomic E-state index is -4.59. The van der Waals surface area contributed by atoms with E-state index in [0.29, 0.717) is 12.1 Å². The lowest BCUT2D eigenvalue weighted by Gasteiger charge is -2.12. The summed E-state index contributed by atoms with van der Waals surface area (Å²) in [5, 5.41) is -0.402. The van der Waals surface area contributed by atoms with E-state index in [4.69, 9.17) is 11.6 Å². The fraction of sp³-hybridized carbons (Fsp3) is 0.0769. The van der Waals surface area contributed by atoms with Crippen LogP contribution in [0.25, 0.3) is 0 Å². The molecule has 0 aromatic heterocycles. The van der Waals surface area contributed by atoms with Crippen LogP contribution < -0.4 is 4.72 Å². The molecule has 0 aliphatic heterocycles. The Balaban J connectivity index is 2.32. The number of nitrogens with one attached hydrogen (secondary N) is 1. The van der Waals surface area contributed by atoms with Gasteiger partial charge in [0, 0.05) is 0 Å². The summed E-state index contributed by atoms with van der Waals surface area (Å²) in [6.07, 6.45) is -4.59. The van der Waals surface area contributed by atoms with E-state index in [1.807, 2.05) is 0 Å². The largest absolute Gasteiger partial charge is 0.416 e. The summed E-state index contributed by atoms with van der Waals surface area (Å²) in [5.74, 6) is -0.619. The minimum Gasteiger partial charge on any atom is -0.278 e. The maximum atomic E-state index is 12.8.